The molecule has 3 aromatic rings. The molecule has 8 nitrogen and oxygen atoms in total. The van der Waals surface area contributed by atoms with E-state index >= 15 is 0 Å². The monoisotopic (exact) mass is 483 g/mol. The predicted molar refractivity (Wildman–Crippen MR) is 120 cm³/mol. The smallest absolute Gasteiger partial charge is 0.323 e. The van der Waals surface area contributed by atoms with Crippen molar-refractivity contribution in [2.75, 3.05) is 34.9 Å². The quantitative estimate of drug-likeness (QED) is 0.506. The second-order valence-electron chi connectivity index (χ2n) is 7.63. The zero-order chi connectivity index (χ0) is 23.1. The second-order valence-corrected chi connectivity index (χ2v) is 10.1. The Morgan fingerprint density at radius 3 is 2.59 bits per heavy atom. The number of aromatic nitrogens is 2. The zero-order valence-electron chi connectivity index (χ0n) is 17.0. The summed E-state index contributed by atoms with van der Waals surface area (Å²) in [7, 11) is -3.40. The Balaban J connectivity index is 1.46. The van der Waals surface area contributed by atoms with Gasteiger partial charge in [0.15, 0.2) is 9.84 Å². The Bertz CT molecular complexity index is 1290. The molecule has 0 radical (unpaired) electrons. The molecule has 12 heteroatoms. The van der Waals surface area contributed by atoms with Gasteiger partial charge in [0.25, 0.3) is 5.92 Å². The number of rotatable bonds is 4. The van der Waals surface area contributed by atoms with Crippen molar-refractivity contribution in [3.05, 3.63) is 41.7 Å². The first kappa shape index (κ1) is 22.3. The fourth-order valence-corrected chi connectivity index (χ4v) is 4.43. The normalized spacial score (nSPS) is 16.2. The summed E-state index contributed by atoms with van der Waals surface area (Å²) in [6.07, 6.45) is 3.52. The highest BCUT2D eigenvalue weighted by atomic mass is 35.5. The number of hydrogen-bond acceptors (Lipinski definition) is 5. The first-order valence-electron chi connectivity index (χ1n) is 9.69. The lowest BCUT2D eigenvalue weighted by Crippen LogP contribution is -2.39. The number of sulfone groups is 1. The maximum Gasteiger partial charge on any atom is 0.323 e. The molecule has 0 saturated carbocycles. The highest BCUT2D eigenvalue weighted by Crippen LogP contribution is 2.33. The van der Waals surface area contributed by atoms with Crippen molar-refractivity contribution in [2.45, 2.75) is 23.7 Å². The van der Waals surface area contributed by atoms with Gasteiger partial charge in [-0.1, -0.05) is 11.6 Å². The molecule has 170 valence electrons. The molecule has 32 heavy (non-hydrogen) atoms. The maximum absolute atomic E-state index is 13.4. The van der Waals surface area contributed by atoms with Crippen LogP contribution < -0.4 is 15.5 Å². The molecule has 3 N–H and O–H groups in total. The van der Waals surface area contributed by atoms with Crippen LogP contribution in [0.25, 0.3) is 10.9 Å². The number of nitrogens with zero attached hydrogens (tertiary/aromatic N) is 2. The van der Waals surface area contributed by atoms with Gasteiger partial charge in [-0.2, -0.15) is 0 Å². The number of urea groups is 1. The third-order valence-corrected chi connectivity index (χ3v) is 6.59. The first-order chi connectivity index (χ1) is 15.0. The van der Waals surface area contributed by atoms with Gasteiger partial charge in [-0.25, -0.2) is 27.0 Å². The Kier molecular flexibility index (Phi) is 5.72. The van der Waals surface area contributed by atoms with Gasteiger partial charge in [0.2, 0.25) is 0 Å². The third kappa shape index (κ3) is 4.78. The number of carbonyl (C=O) groups is 1. The van der Waals surface area contributed by atoms with E-state index in [1.165, 1.54) is 24.4 Å². The summed E-state index contributed by atoms with van der Waals surface area (Å²) in [6, 6.07) is 5.49. The minimum absolute atomic E-state index is 0.134. The van der Waals surface area contributed by atoms with Gasteiger partial charge in [0.1, 0.15) is 5.82 Å². The average molecular weight is 484 g/mol. The molecule has 0 aliphatic carbocycles. The van der Waals surface area contributed by atoms with E-state index in [4.69, 9.17) is 11.6 Å². The number of benzene rings is 1. The van der Waals surface area contributed by atoms with Gasteiger partial charge in [0.05, 0.1) is 27.5 Å². The van der Waals surface area contributed by atoms with Gasteiger partial charge < -0.3 is 20.5 Å². The number of carbonyl (C=O) groups excluding carboxylic acids is 1. The van der Waals surface area contributed by atoms with Crippen molar-refractivity contribution in [3.8, 4) is 0 Å². The SMILES string of the molecule is CS(=O)(=O)c1ccc2[nH]cc(NC(=O)Nc3cnc(N4CCC(F)(F)CC4)c(Cl)c3)c2c1. The molecule has 4 rings (SSSR count). The fraction of sp³-hybridized carbons (Fsp3) is 0.300. The van der Waals surface area contributed by atoms with Gasteiger partial charge in [-0.3, -0.25) is 0 Å². The van der Waals surface area contributed by atoms with Crippen molar-refractivity contribution in [2.24, 2.45) is 0 Å². The molecular formula is C20H20ClF2N5O3S. The Hall–Kier alpha value is -2.92. The molecule has 0 atom stereocenters. The summed E-state index contributed by atoms with van der Waals surface area (Å²) < 4.78 is 50.4. The number of anilines is 3. The van der Waals surface area contributed by atoms with Crippen LogP contribution in [0.5, 0.6) is 0 Å². The van der Waals surface area contributed by atoms with Crippen LogP contribution in [-0.4, -0.2) is 49.7 Å². The molecule has 0 unspecified atom stereocenters. The number of aromatic amines is 1. The molecule has 1 aliphatic heterocycles. The van der Waals surface area contributed by atoms with Gasteiger partial charge in [-0.05, 0) is 24.3 Å². The first-order valence-corrected chi connectivity index (χ1v) is 12.0. The Morgan fingerprint density at radius 2 is 1.94 bits per heavy atom. The molecule has 1 fully saturated rings. The number of hydrogen-bond donors (Lipinski definition) is 3. The number of amides is 2. The third-order valence-electron chi connectivity index (χ3n) is 5.20. The molecule has 2 amide bonds. The average Bonchev–Trinajstić information content (AvgIpc) is 3.10. The summed E-state index contributed by atoms with van der Waals surface area (Å²) in [4.78, 5) is 21.5. The number of alkyl halides is 2. The number of halogens is 3. The van der Waals surface area contributed by atoms with Gasteiger partial charge in [-0.15, -0.1) is 0 Å². The number of pyridine rings is 1. The number of fused-ring (bicyclic) bond motifs is 1. The topological polar surface area (TPSA) is 107 Å². The van der Waals surface area contributed by atoms with Gasteiger partial charge >= 0.3 is 6.03 Å². The fourth-order valence-electron chi connectivity index (χ4n) is 3.50. The molecule has 1 saturated heterocycles. The Labute approximate surface area is 187 Å². The van der Waals surface area contributed by atoms with Crippen molar-refractivity contribution >= 4 is 55.6 Å². The summed E-state index contributed by atoms with van der Waals surface area (Å²) in [5, 5.41) is 6.04. The summed E-state index contributed by atoms with van der Waals surface area (Å²) in [5.74, 6) is -2.29. The maximum atomic E-state index is 13.4. The van der Waals surface area contributed by atoms with Crippen molar-refractivity contribution in [3.63, 3.8) is 0 Å². The van der Waals surface area contributed by atoms with Crippen LogP contribution in [0.3, 0.4) is 0 Å². The van der Waals surface area contributed by atoms with Crippen molar-refractivity contribution < 1.29 is 22.0 Å². The van der Waals surface area contributed by atoms with Crippen molar-refractivity contribution in [1.82, 2.24) is 9.97 Å². The number of piperidine rings is 1. The lowest BCUT2D eigenvalue weighted by atomic mass is 10.1. The van der Waals surface area contributed by atoms with E-state index in [0.717, 1.165) is 6.26 Å². The standard InChI is InChI=1S/C20H20ClF2N5O3S/c1-32(30,31)13-2-3-16-14(9-13)17(11-24-16)27-19(29)26-12-8-15(21)18(25-10-12)28-6-4-20(22,23)5-7-28/h2-3,8-11,24H,4-7H2,1H3,(H2,26,27,29). The van der Waals surface area contributed by atoms with E-state index in [1.54, 1.807) is 17.2 Å². The minimum atomic E-state index is -3.40. The van der Waals surface area contributed by atoms with Crippen LogP contribution in [0.2, 0.25) is 5.02 Å². The summed E-state index contributed by atoms with van der Waals surface area (Å²) in [6.45, 7) is 0.284. The molecule has 1 aliphatic rings. The summed E-state index contributed by atoms with van der Waals surface area (Å²) >= 11 is 6.27. The zero-order valence-corrected chi connectivity index (χ0v) is 18.5. The highest BCUT2D eigenvalue weighted by molar-refractivity contribution is 7.90. The molecule has 1 aromatic carbocycles. The highest BCUT2D eigenvalue weighted by Gasteiger charge is 2.34. The lowest BCUT2D eigenvalue weighted by molar-refractivity contribution is -0.0221. The van der Waals surface area contributed by atoms with E-state index in [9.17, 15) is 22.0 Å². The van der Waals surface area contributed by atoms with E-state index in [0.29, 0.717) is 28.1 Å². The number of H-pyrrole nitrogens is 1. The van der Waals surface area contributed by atoms with E-state index in [2.05, 4.69) is 20.6 Å². The van der Waals surface area contributed by atoms with E-state index in [-0.39, 0.29) is 35.8 Å². The molecule has 0 spiro atoms. The molecule has 0 bridgehead atoms. The molecule has 3 heterocycles. The van der Waals surface area contributed by atoms with E-state index < -0.39 is 21.8 Å². The van der Waals surface area contributed by atoms with Crippen LogP contribution >= 0.6 is 11.6 Å². The molecule has 2 aromatic heterocycles. The second kappa shape index (κ2) is 8.21. The van der Waals surface area contributed by atoms with Crippen molar-refractivity contribution in [1.29, 1.82) is 0 Å². The largest absolute Gasteiger partial charge is 0.359 e. The Morgan fingerprint density at radius 1 is 1.22 bits per heavy atom. The van der Waals surface area contributed by atoms with E-state index in [1.807, 2.05) is 0 Å². The predicted octanol–water partition coefficient (Wildman–Crippen LogP) is 4.50. The van der Waals surface area contributed by atoms with Gasteiger partial charge in [0, 0.05) is 49.3 Å². The minimum Gasteiger partial charge on any atom is -0.359 e. The van der Waals surface area contributed by atoms with Crippen LogP contribution in [-0.2, 0) is 9.84 Å². The molecular weight excluding hydrogens is 464 g/mol. The number of nitrogens with one attached hydrogen (secondary N) is 3. The van der Waals surface area contributed by atoms with Crippen LogP contribution in [0.1, 0.15) is 12.8 Å². The summed E-state index contributed by atoms with van der Waals surface area (Å²) in [5.41, 5.74) is 1.37. The lowest BCUT2D eigenvalue weighted by Gasteiger charge is -2.33. The van der Waals surface area contributed by atoms with Crippen LogP contribution in [0.4, 0.5) is 30.8 Å². The van der Waals surface area contributed by atoms with Crippen LogP contribution in [0.15, 0.2) is 41.6 Å². The van der Waals surface area contributed by atoms with Crippen LogP contribution in [0, 0.1) is 0 Å².